The Kier molecular flexibility index (Phi) is 12.1. The molecule has 1 fully saturated rings. The summed E-state index contributed by atoms with van der Waals surface area (Å²) in [6, 6.07) is 0. The van der Waals surface area contributed by atoms with Crippen molar-refractivity contribution in [3.8, 4) is 0 Å². The van der Waals surface area contributed by atoms with Gasteiger partial charge in [-0.25, -0.2) is 4.79 Å². The molecular weight excluding hydrogens is 554 g/mol. The van der Waals surface area contributed by atoms with Crippen LogP contribution in [-0.2, 0) is 28.6 Å². The van der Waals surface area contributed by atoms with Gasteiger partial charge in [-0.15, -0.1) is 0 Å². The zero-order valence-corrected chi connectivity index (χ0v) is 25.8. The Hall–Kier alpha value is -3.54. The number of ketones is 2. The lowest BCUT2D eigenvalue weighted by atomic mass is 9.85. The smallest absolute Gasteiger partial charge is 0.405 e. The van der Waals surface area contributed by atoms with Gasteiger partial charge in [0, 0.05) is 43.9 Å². The Labute approximate surface area is 253 Å². The molecule has 1 aliphatic heterocycles. The van der Waals surface area contributed by atoms with Gasteiger partial charge in [-0.05, 0) is 56.9 Å². The van der Waals surface area contributed by atoms with Gasteiger partial charge in [-0.2, -0.15) is 0 Å². The fraction of sp³-hybridized carbons (Fsp3) is 0.562. The molecule has 0 saturated heterocycles. The summed E-state index contributed by atoms with van der Waals surface area (Å²) in [6.07, 6.45) is 6.18. The van der Waals surface area contributed by atoms with Crippen LogP contribution in [0.25, 0.3) is 0 Å². The first-order valence-electron chi connectivity index (χ1n) is 14.7. The number of amides is 2. The molecule has 2 amide bonds. The predicted molar refractivity (Wildman–Crippen MR) is 160 cm³/mol. The third-order valence-electron chi connectivity index (χ3n) is 8.06. The van der Waals surface area contributed by atoms with Crippen molar-refractivity contribution in [2.75, 3.05) is 20.8 Å². The molecule has 2 bridgehead atoms. The van der Waals surface area contributed by atoms with Crippen LogP contribution in [-0.4, -0.2) is 73.9 Å². The highest BCUT2D eigenvalue weighted by Gasteiger charge is 2.34. The van der Waals surface area contributed by atoms with Crippen molar-refractivity contribution in [2.24, 2.45) is 23.5 Å². The van der Waals surface area contributed by atoms with Crippen molar-refractivity contribution in [1.29, 1.82) is 0 Å². The predicted octanol–water partition coefficient (Wildman–Crippen LogP) is 2.76. The highest BCUT2D eigenvalue weighted by molar-refractivity contribution is 6.23. The fourth-order valence-electron chi connectivity index (χ4n) is 5.35. The molecule has 3 aliphatic rings. The van der Waals surface area contributed by atoms with Crippen LogP contribution in [0.4, 0.5) is 4.79 Å². The van der Waals surface area contributed by atoms with Crippen LogP contribution in [0.15, 0.2) is 58.5 Å². The number of hydrogen-bond donors (Lipinski definition) is 4. The third-order valence-corrected chi connectivity index (χ3v) is 8.06. The molecule has 43 heavy (non-hydrogen) atoms. The number of aliphatic hydroxyl groups is 1. The highest BCUT2D eigenvalue weighted by atomic mass is 16.6. The van der Waals surface area contributed by atoms with Crippen LogP contribution in [0.3, 0.4) is 0 Å². The number of aliphatic hydroxyl groups excluding tert-OH is 1. The van der Waals surface area contributed by atoms with Gasteiger partial charge < -0.3 is 35.7 Å². The summed E-state index contributed by atoms with van der Waals surface area (Å²) in [5.74, 6) is -1.47. The van der Waals surface area contributed by atoms with Crippen molar-refractivity contribution in [1.82, 2.24) is 10.6 Å². The first-order chi connectivity index (χ1) is 20.4. The van der Waals surface area contributed by atoms with E-state index in [4.69, 9.17) is 19.9 Å². The van der Waals surface area contributed by atoms with E-state index in [-0.39, 0.29) is 35.1 Å². The minimum atomic E-state index is -0.992. The maximum atomic E-state index is 13.7. The topological polar surface area (TPSA) is 166 Å². The molecule has 236 valence electrons. The van der Waals surface area contributed by atoms with Gasteiger partial charge in [-0.3, -0.25) is 14.4 Å². The van der Waals surface area contributed by atoms with E-state index in [1.807, 2.05) is 13.8 Å². The zero-order valence-electron chi connectivity index (χ0n) is 25.8. The number of carbonyl (C=O) groups is 4. The molecule has 0 spiro atoms. The largest absolute Gasteiger partial charge is 0.439 e. The van der Waals surface area contributed by atoms with E-state index in [2.05, 4.69) is 10.6 Å². The maximum Gasteiger partial charge on any atom is 0.405 e. The van der Waals surface area contributed by atoms with E-state index in [0.29, 0.717) is 30.0 Å². The molecule has 6 atom stereocenters. The second kappa shape index (κ2) is 15.3. The monoisotopic (exact) mass is 599 g/mol. The summed E-state index contributed by atoms with van der Waals surface area (Å²) < 4.78 is 16.6. The van der Waals surface area contributed by atoms with Gasteiger partial charge in [0.25, 0.3) is 5.91 Å². The van der Waals surface area contributed by atoms with Gasteiger partial charge >= 0.3 is 6.09 Å². The summed E-state index contributed by atoms with van der Waals surface area (Å²) in [5.41, 5.74) is 6.69. The first-order valence-corrected chi connectivity index (χ1v) is 14.7. The molecule has 5 N–H and O–H groups in total. The molecule has 0 aromatic rings. The fourth-order valence-corrected chi connectivity index (χ4v) is 5.35. The Balaban J connectivity index is 2.04. The van der Waals surface area contributed by atoms with Crippen molar-refractivity contribution >= 4 is 23.6 Å². The number of rotatable bonds is 6. The zero-order chi connectivity index (χ0) is 31.8. The summed E-state index contributed by atoms with van der Waals surface area (Å²) in [5, 5.41) is 17.1. The van der Waals surface area contributed by atoms with Gasteiger partial charge in [0.1, 0.15) is 6.10 Å². The van der Waals surface area contributed by atoms with Gasteiger partial charge in [-0.1, -0.05) is 38.2 Å². The SMILES string of the molecule is COC1/C=C\C=C(/C)C(=O)NC2=CC(=O)C(NCC3CC3)=C(CC(C)CC(OC)[C@H](O)C(C)/C=C(\C)C1OC(N)=O)C2=O. The van der Waals surface area contributed by atoms with Crippen LogP contribution in [0.2, 0.25) is 0 Å². The maximum absolute atomic E-state index is 13.7. The Morgan fingerprint density at radius 1 is 1.14 bits per heavy atom. The number of nitrogens with one attached hydrogen (secondary N) is 2. The normalized spacial score (nSPS) is 33.0. The van der Waals surface area contributed by atoms with E-state index >= 15 is 0 Å². The minimum absolute atomic E-state index is 0.0923. The van der Waals surface area contributed by atoms with E-state index in [0.717, 1.165) is 12.8 Å². The number of fused-ring (bicyclic) bond motifs is 2. The Morgan fingerprint density at radius 2 is 1.84 bits per heavy atom. The third kappa shape index (κ3) is 9.22. The lowest BCUT2D eigenvalue weighted by Crippen LogP contribution is -2.38. The Bertz CT molecular complexity index is 1240. The molecule has 11 nitrogen and oxygen atoms in total. The molecule has 11 heteroatoms. The number of ether oxygens (including phenoxy) is 3. The first kappa shape index (κ1) is 34.0. The highest BCUT2D eigenvalue weighted by Crippen LogP contribution is 2.31. The van der Waals surface area contributed by atoms with Crippen molar-refractivity contribution in [3.63, 3.8) is 0 Å². The number of Topliss-reactive ketones (excluding diaryl/α,β-unsaturated/α-hetero) is 1. The van der Waals surface area contributed by atoms with Gasteiger partial charge in [0.05, 0.1) is 23.6 Å². The molecule has 5 unspecified atom stereocenters. The minimum Gasteiger partial charge on any atom is -0.439 e. The van der Waals surface area contributed by atoms with Crippen LogP contribution in [0.1, 0.15) is 53.4 Å². The molecule has 2 aliphatic carbocycles. The van der Waals surface area contributed by atoms with Crippen molar-refractivity contribution in [2.45, 2.75) is 77.8 Å². The lowest BCUT2D eigenvalue weighted by Gasteiger charge is -2.30. The number of allylic oxidation sites excluding steroid dienone is 4. The van der Waals surface area contributed by atoms with Crippen molar-refractivity contribution in [3.05, 3.63) is 58.5 Å². The Morgan fingerprint density at radius 3 is 2.44 bits per heavy atom. The van der Waals surface area contributed by atoms with Gasteiger partial charge in [0.2, 0.25) is 11.6 Å². The molecule has 0 radical (unpaired) electrons. The number of primary amides is 1. The van der Waals surface area contributed by atoms with Crippen molar-refractivity contribution < 1.29 is 38.5 Å². The quantitative estimate of drug-likeness (QED) is 0.265. The standard InChI is InChI=1S/C32H45N3O8/c1-17-12-22-27(34-16-21-10-11-21)24(36)15-23(29(22)38)35-31(39)18(2)8-7-9-25(41-5)30(43-32(33)40)20(4)14-19(3)28(37)26(13-17)42-6/h7-9,14-15,17,19,21,25-26,28,30,34,37H,10-13,16H2,1-6H3,(H2,33,40)(H,35,39)/b9-7-,18-8+,20-14+/t17?,19?,25?,26?,28-,30?/m1/s1. The van der Waals surface area contributed by atoms with E-state index in [1.165, 1.54) is 26.4 Å². The van der Waals surface area contributed by atoms with E-state index in [1.54, 1.807) is 32.1 Å². The van der Waals surface area contributed by atoms with Crippen LogP contribution in [0.5, 0.6) is 0 Å². The van der Waals surface area contributed by atoms with Crippen LogP contribution >= 0.6 is 0 Å². The summed E-state index contributed by atoms with van der Waals surface area (Å²) in [6.45, 7) is 7.65. The summed E-state index contributed by atoms with van der Waals surface area (Å²) in [7, 11) is 2.95. The number of carbonyl (C=O) groups excluding carboxylic acids is 4. The molecule has 0 aromatic carbocycles. The molecule has 1 saturated carbocycles. The average molecular weight is 600 g/mol. The van der Waals surface area contributed by atoms with Crippen LogP contribution < -0.4 is 16.4 Å². The van der Waals surface area contributed by atoms with E-state index < -0.39 is 48.1 Å². The van der Waals surface area contributed by atoms with Crippen LogP contribution in [0, 0.1) is 17.8 Å². The second-order valence-corrected chi connectivity index (χ2v) is 11.8. The molecule has 0 aromatic heterocycles. The second-order valence-electron chi connectivity index (χ2n) is 11.8. The number of methoxy groups -OCH3 is 2. The number of nitrogens with two attached hydrogens (primary N) is 1. The van der Waals surface area contributed by atoms with E-state index in [9.17, 15) is 24.3 Å². The summed E-state index contributed by atoms with van der Waals surface area (Å²) in [4.78, 5) is 51.6. The summed E-state index contributed by atoms with van der Waals surface area (Å²) >= 11 is 0. The average Bonchev–Trinajstić information content (AvgIpc) is 3.78. The molecule has 1 heterocycles. The lowest BCUT2D eigenvalue weighted by molar-refractivity contribution is -0.120. The number of hydrogen-bond acceptors (Lipinski definition) is 9. The molecular formula is C32H45N3O8. The van der Waals surface area contributed by atoms with Gasteiger partial charge in [0.15, 0.2) is 6.10 Å². The molecule has 3 rings (SSSR count).